The zero-order chi connectivity index (χ0) is 28.9. The van der Waals surface area contributed by atoms with Gasteiger partial charge in [-0.1, -0.05) is 5.10 Å². The Bertz CT molecular complexity index is 1490. The van der Waals surface area contributed by atoms with E-state index in [1.54, 1.807) is 6.20 Å². The number of aryl methyl sites for hydroxylation is 1. The molecule has 0 spiro atoms. The van der Waals surface area contributed by atoms with Crippen molar-refractivity contribution in [3.05, 3.63) is 52.7 Å². The third kappa shape index (κ3) is 6.22. The highest BCUT2D eigenvalue weighted by Crippen LogP contribution is 2.46. The van der Waals surface area contributed by atoms with Crippen molar-refractivity contribution in [2.75, 3.05) is 16.8 Å². The van der Waals surface area contributed by atoms with Gasteiger partial charge in [-0.2, -0.15) is 36.2 Å². The molecule has 15 heteroatoms. The number of rotatable bonds is 10. The number of aromatic amines is 1. The van der Waals surface area contributed by atoms with Crippen molar-refractivity contribution >= 4 is 22.8 Å². The number of fused-ring (bicyclic) bond motifs is 1. The standard InChI is InChI=1S/C26H27F6N9/c1-40-38-24(37-39-40)41(13-14-8-19(25(27,28)29)11-20(9-14)26(30,31)32)7-6-17-10-18-12-33-36-23(18)35-22(17)34-21(15-2-3-15)16-4-5-16/h8-12,15-16,21H,2-7,13H2,1H3,(H2,33,34,35,36). The third-order valence-corrected chi connectivity index (χ3v) is 7.52. The average molecular weight is 580 g/mol. The Morgan fingerprint density at radius 2 is 1.66 bits per heavy atom. The molecule has 3 heterocycles. The van der Waals surface area contributed by atoms with Gasteiger partial charge in [0.1, 0.15) is 5.82 Å². The second-order valence-electron chi connectivity index (χ2n) is 10.8. The molecule has 0 unspecified atom stereocenters. The second kappa shape index (κ2) is 10.2. The maximum Gasteiger partial charge on any atom is 0.416 e. The van der Waals surface area contributed by atoms with Crippen molar-refractivity contribution in [1.29, 1.82) is 0 Å². The van der Waals surface area contributed by atoms with E-state index < -0.39 is 23.5 Å². The highest BCUT2D eigenvalue weighted by Gasteiger charge is 2.42. The molecule has 0 radical (unpaired) electrons. The van der Waals surface area contributed by atoms with Crippen molar-refractivity contribution in [3.63, 3.8) is 0 Å². The summed E-state index contributed by atoms with van der Waals surface area (Å²) in [5, 5.41) is 23.3. The molecule has 2 aliphatic carbocycles. The van der Waals surface area contributed by atoms with Crippen LogP contribution in [0.5, 0.6) is 0 Å². The van der Waals surface area contributed by atoms with Crippen LogP contribution in [0.2, 0.25) is 0 Å². The fraction of sp³-hybridized carbons (Fsp3) is 0.500. The first kappa shape index (κ1) is 27.3. The van der Waals surface area contributed by atoms with Crippen LogP contribution in [0.1, 0.15) is 47.9 Å². The molecular weight excluding hydrogens is 552 g/mol. The van der Waals surface area contributed by atoms with Gasteiger partial charge in [0.05, 0.1) is 24.4 Å². The molecule has 2 fully saturated rings. The second-order valence-corrected chi connectivity index (χ2v) is 10.8. The number of H-pyrrole nitrogens is 1. The number of halogens is 6. The summed E-state index contributed by atoms with van der Waals surface area (Å²) >= 11 is 0. The van der Waals surface area contributed by atoms with E-state index in [0.717, 1.165) is 23.1 Å². The van der Waals surface area contributed by atoms with Gasteiger partial charge in [0.25, 0.3) is 5.95 Å². The minimum atomic E-state index is -4.95. The van der Waals surface area contributed by atoms with E-state index in [2.05, 4.69) is 30.9 Å². The molecule has 4 aromatic rings. The highest BCUT2D eigenvalue weighted by atomic mass is 19.4. The van der Waals surface area contributed by atoms with Crippen LogP contribution in [0, 0.1) is 11.8 Å². The first-order chi connectivity index (χ1) is 19.4. The Morgan fingerprint density at radius 1 is 1.00 bits per heavy atom. The van der Waals surface area contributed by atoms with Crippen LogP contribution in [0.25, 0.3) is 11.0 Å². The predicted octanol–water partition coefficient (Wildman–Crippen LogP) is 5.37. The maximum absolute atomic E-state index is 13.5. The van der Waals surface area contributed by atoms with Gasteiger partial charge in [-0.15, -0.1) is 5.10 Å². The number of aromatic nitrogens is 7. The summed E-state index contributed by atoms with van der Waals surface area (Å²) in [4.78, 5) is 7.46. The molecule has 6 rings (SSSR count). The molecule has 0 amide bonds. The molecule has 1 aromatic carbocycles. The Balaban J connectivity index is 1.30. The van der Waals surface area contributed by atoms with Crippen LogP contribution in [0.3, 0.4) is 0 Å². The summed E-state index contributed by atoms with van der Waals surface area (Å²) in [7, 11) is 1.52. The monoisotopic (exact) mass is 579 g/mol. The number of nitrogens with zero attached hydrogens (tertiary/aromatic N) is 7. The minimum absolute atomic E-state index is 0.0826. The van der Waals surface area contributed by atoms with E-state index in [-0.39, 0.29) is 30.7 Å². The van der Waals surface area contributed by atoms with Crippen molar-refractivity contribution < 1.29 is 26.3 Å². The molecule has 2 N–H and O–H groups in total. The lowest BCUT2D eigenvalue weighted by atomic mass is 10.0. The Kier molecular flexibility index (Phi) is 6.77. The summed E-state index contributed by atoms with van der Waals surface area (Å²) < 4.78 is 81.0. The van der Waals surface area contributed by atoms with E-state index >= 15 is 0 Å². The summed E-state index contributed by atoms with van der Waals surface area (Å²) in [6.07, 6.45) is -3.22. The van der Waals surface area contributed by atoms with E-state index in [4.69, 9.17) is 4.98 Å². The maximum atomic E-state index is 13.5. The zero-order valence-electron chi connectivity index (χ0n) is 22.0. The summed E-state index contributed by atoms with van der Waals surface area (Å²) in [5.41, 5.74) is -1.45. The van der Waals surface area contributed by atoms with Gasteiger partial charge < -0.3 is 10.2 Å². The fourth-order valence-electron chi connectivity index (χ4n) is 5.17. The number of pyridine rings is 1. The third-order valence-electron chi connectivity index (χ3n) is 7.52. The van der Waals surface area contributed by atoms with E-state index in [1.165, 1.54) is 42.4 Å². The van der Waals surface area contributed by atoms with Gasteiger partial charge in [-0.3, -0.25) is 5.10 Å². The molecule has 0 atom stereocenters. The smallest absolute Gasteiger partial charge is 0.366 e. The van der Waals surface area contributed by atoms with Crippen molar-refractivity contribution in [2.45, 2.75) is 57.0 Å². The molecule has 2 aliphatic rings. The molecule has 0 aliphatic heterocycles. The van der Waals surface area contributed by atoms with Gasteiger partial charge >= 0.3 is 12.4 Å². The topological polar surface area (TPSA) is 100 Å². The number of tetrazole rings is 1. The van der Waals surface area contributed by atoms with Crippen LogP contribution < -0.4 is 10.2 Å². The number of hydrogen-bond donors (Lipinski definition) is 2. The van der Waals surface area contributed by atoms with Crippen LogP contribution in [-0.2, 0) is 32.4 Å². The molecule has 41 heavy (non-hydrogen) atoms. The van der Waals surface area contributed by atoms with Crippen molar-refractivity contribution in [3.8, 4) is 0 Å². The zero-order valence-corrected chi connectivity index (χ0v) is 22.0. The van der Waals surface area contributed by atoms with Crippen LogP contribution in [0.4, 0.5) is 38.1 Å². The summed E-state index contributed by atoms with van der Waals surface area (Å²) in [5.74, 6) is 1.97. The van der Waals surface area contributed by atoms with Gasteiger partial charge in [0.15, 0.2) is 5.65 Å². The molecule has 2 saturated carbocycles. The number of alkyl halides is 6. The highest BCUT2D eigenvalue weighted by molar-refractivity contribution is 5.77. The lowest BCUT2D eigenvalue weighted by Crippen LogP contribution is -2.29. The number of nitrogens with one attached hydrogen (secondary N) is 2. The van der Waals surface area contributed by atoms with Crippen LogP contribution in [0.15, 0.2) is 30.5 Å². The molecule has 3 aromatic heterocycles. The molecule has 9 nitrogen and oxygen atoms in total. The molecule has 218 valence electrons. The molecule has 0 bridgehead atoms. The Hall–Kier alpha value is -3.91. The first-order valence-corrected chi connectivity index (χ1v) is 13.3. The Morgan fingerprint density at radius 3 is 2.22 bits per heavy atom. The normalized spacial score (nSPS) is 16.1. The molecule has 0 saturated heterocycles. The van der Waals surface area contributed by atoms with E-state index in [0.29, 0.717) is 35.8 Å². The van der Waals surface area contributed by atoms with E-state index in [1.807, 2.05) is 6.07 Å². The van der Waals surface area contributed by atoms with Gasteiger partial charge in [0, 0.05) is 24.5 Å². The lowest BCUT2D eigenvalue weighted by molar-refractivity contribution is -0.143. The number of anilines is 2. The van der Waals surface area contributed by atoms with Crippen LogP contribution in [-0.4, -0.2) is 48.0 Å². The van der Waals surface area contributed by atoms with E-state index in [9.17, 15) is 26.3 Å². The average Bonchev–Trinajstić information content (AvgIpc) is 3.84. The first-order valence-electron chi connectivity index (χ1n) is 13.3. The van der Waals surface area contributed by atoms with Gasteiger partial charge in [-0.25, -0.2) is 4.98 Å². The minimum Gasteiger partial charge on any atom is -0.366 e. The summed E-state index contributed by atoms with van der Waals surface area (Å²) in [6, 6.07) is 3.82. The summed E-state index contributed by atoms with van der Waals surface area (Å²) in [6.45, 7) is -0.115. The number of benzene rings is 1. The predicted molar refractivity (Wildman–Crippen MR) is 137 cm³/mol. The molecular formula is C26H27F6N9. The van der Waals surface area contributed by atoms with Gasteiger partial charge in [0.2, 0.25) is 0 Å². The van der Waals surface area contributed by atoms with Crippen LogP contribution >= 0.6 is 0 Å². The fourth-order valence-corrected chi connectivity index (χ4v) is 5.17. The van der Waals surface area contributed by atoms with Crippen molar-refractivity contribution in [1.82, 2.24) is 35.4 Å². The Labute approximate surface area is 230 Å². The lowest BCUT2D eigenvalue weighted by Gasteiger charge is -2.24. The number of hydrogen-bond acceptors (Lipinski definition) is 7. The van der Waals surface area contributed by atoms with Gasteiger partial charge in [-0.05, 0) is 84.5 Å². The SMILES string of the molecule is Cn1nnc(N(CCc2cc3cn[nH]c3nc2NC(C2CC2)C2CC2)Cc2cc(C(F)(F)F)cc(C(F)(F)F)c2)n1. The van der Waals surface area contributed by atoms with Crippen molar-refractivity contribution in [2.24, 2.45) is 18.9 Å². The quantitative estimate of drug-likeness (QED) is 0.244. The largest absolute Gasteiger partial charge is 0.416 e.